The zero-order valence-electron chi connectivity index (χ0n) is 12.5. The fourth-order valence-corrected chi connectivity index (χ4v) is 4.87. The smallest absolute Gasteiger partial charge is 0.250 e. The SMILES string of the molecule is CN(C1(C(N)=O)CCCC1)S(=O)(=O)c1cnn2c1OCCC2. The first-order valence-electron chi connectivity index (χ1n) is 7.37. The monoisotopic (exact) mass is 328 g/mol. The molecule has 8 nitrogen and oxygen atoms in total. The van der Waals surface area contributed by atoms with Crippen LogP contribution in [0.5, 0.6) is 5.88 Å². The van der Waals surface area contributed by atoms with Gasteiger partial charge >= 0.3 is 0 Å². The molecule has 0 atom stereocenters. The second-order valence-electron chi connectivity index (χ2n) is 5.81. The van der Waals surface area contributed by atoms with Crippen molar-refractivity contribution in [3.05, 3.63) is 6.20 Å². The molecule has 2 heterocycles. The molecule has 2 N–H and O–H groups in total. The molecule has 1 fully saturated rings. The first-order valence-corrected chi connectivity index (χ1v) is 8.81. The highest BCUT2D eigenvalue weighted by Crippen LogP contribution is 2.39. The van der Waals surface area contributed by atoms with E-state index in [4.69, 9.17) is 10.5 Å². The Hall–Kier alpha value is -1.61. The van der Waals surface area contributed by atoms with E-state index in [-0.39, 0.29) is 10.8 Å². The highest BCUT2D eigenvalue weighted by molar-refractivity contribution is 7.89. The number of likely N-dealkylation sites (N-methyl/N-ethyl adjacent to an activating group) is 1. The second-order valence-corrected chi connectivity index (χ2v) is 7.75. The summed E-state index contributed by atoms with van der Waals surface area (Å²) in [5, 5.41) is 4.07. The predicted molar refractivity (Wildman–Crippen MR) is 77.7 cm³/mol. The molecule has 3 rings (SSSR count). The van der Waals surface area contributed by atoms with Gasteiger partial charge in [0.1, 0.15) is 5.54 Å². The number of amides is 1. The Kier molecular flexibility index (Phi) is 3.64. The Morgan fingerprint density at radius 2 is 2.09 bits per heavy atom. The first kappa shape index (κ1) is 15.3. The largest absolute Gasteiger partial charge is 0.477 e. The van der Waals surface area contributed by atoms with Gasteiger partial charge in [-0.1, -0.05) is 12.8 Å². The molecule has 1 aromatic heterocycles. The summed E-state index contributed by atoms with van der Waals surface area (Å²) in [4.78, 5) is 11.9. The van der Waals surface area contributed by atoms with Crippen LogP contribution in [0.3, 0.4) is 0 Å². The number of rotatable bonds is 4. The molecule has 0 bridgehead atoms. The van der Waals surface area contributed by atoms with Gasteiger partial charge in [0.05, 0.1) is 12.8 Å². The highest BCUT2D eigenvalue weighted by Gasteiger charge is 2.49. The van der Waals surface area contributed by atoms with Crippen molar-refractivity contribution in [1.29, 1.82) is 0 Å². The maximum atomic E-state index is 12.9. The number of nitrogens with two attached hydrogens (primary N) is 1. The zero-order chi connectivity index (χ0) is 16.0. The molecule has 1 aliphatic heterocycles. The van der Waals surface area contributed by atoms with Crippen LogP contribution in [-0.4, -0.2) is 47.6 Å². The van der Waals surface area contributed by atoms with Gasteiger partial charge in [0.25, 0.3) is 10.0 Å². The predicted octanol–water partition coefficient (Wildman–Crippen LogP) is 0.0842. The number of carbonyl (C=O) groups excluding carboxylic acids is 1. The number of hydrogen-bond donors (Lipinski definition) is 1. The molecule has 9 heteroatoms. The summed E-state index contributed by atoms with van der Waals surface area (Å²) in [5.41, 5.74) is 4.37. The number of hydrogen-bond acceptors (Lipinski definition) is 5. The van der Waals surface area contributed by atoms with Crippen LogP contribution in [0.2, 0.25) is 0 Å². The van der Waals surface area contributed by atoms with Gasteiger partial charge in [-0.15, -0.1) is 0 Å². The summed E-state index contributed by atoms with van der Waals surface area (Å²) in [6.07, 6.45) is 4.53. The Balaban J connectivity index is 2.02. The maximum absolute atomic E-state index is 12.9. The Bertz CT molecular complexity index is 691. The number of primary amides is 1. The number of ether oxygens (including phenoxy) is 1. The molecule has 0 aromatic carbocycles. The van der Waals surface area contributed by atoms with E-state index in [1.54, 1.807) is 0 Å². The van der Waals surface area contributed by atoms with Crippen LogP contribution in [0.25, 0.3) is 0 Å². The summed E-state index contributed by atoms with van der Waals surface area (Å²) >= 11 is 0. The summed E-state index contributed by atoms with van der Waals surface area (Å²) in [6, 6.07) is 0. The number of carbonyl (C=O) groups is 1. The third-order valence-corrected chi connectivity index (χ3v) is 6.55. The number of aryl methyl sites for hydroxylation is 1. The van der Waals surface area contributed by atoms with Crippen LogP contribution in [0, 0.1) is 0 Å². The van der Waals surface area contributed by atoms with Gasteiger partial charge in [0, 0.05) is 20.0 Å². The van der Waals surface area contributed by atoms with Gasteiger partial charge in [0.15, 0.2) is 4.90 Å². The molecule has 1 amide bonds. The van der Waals surface area contributed by atoms with E-state index in [0.29, 0.717) is 26.0 Å². The molecule has 0 radical (unpaired) electrons. The van der Waals surface area contributed by atoms with E-state index in [0.717, 1.165) is 23.6 Å². The van der Waals surface area contributed by atoms with Crippen LogP contribution in [-0.2, 0) is 21.4 Å². The van der Waals surface area contributed by atoms with Crippen LogP contribution in [0.15, 0.2) is 11.1 Å². The normalized spacial score (nSPS) is 20.6. The highest BCUT2D eigenvalue weighted by atomic mass is 32.2. The summed E-state index contributed by atoms with van der Waals surface area (Å²) in [6.45, 7) is 1.08. The van der Waals surface area contributed by atoms with Gasteiger partial charge < -0.3 is 10.5 Å². The average Bonchev–Trinajstić information content (AvgIpc) is 3.14. The van der Waals surface area contributed by atoms with Crippen molar-refractivity contribution in [3.63, 3.8) is 0 Å². The van der Waals surface area contributed by atoms with Gasteiger partial charge in [0.2, 0.25) is 11.8 Å². The summed E-state index contributed by atoms with van der Waals surface area (Å²) < 4.78 is 34.0. The van der Waals surface area contributed by atoms with E-state index in [9.17, 15) is 13.2 Å². The standard InChI is InChI=1S/C13H20N4O4S/c1-16(13(12(14)18)5-2-3-6-13)22(19,20)10-9-15-17-7-4-8-21-11(10)17/h9H,2-8H2,1H3,(H2,14,18). The van der Waals surface area contributed by atoms with Crippen molar-refractivity contribution in [2.45, 2.75) is 49.1 Å². The second kappa shape index (κ2) is 5.24. The van der Waals surface area contributed by atoms with Crippen LogP contribution < -0.4 is 10.5 Å². The minimum absolute atomic E-state index is 0.00206. The third-order valence-electron chi connectivity index (χ3n) is 4.64. The van der Waals surface area contributed by atoms with Crippen molar-refractivity contribution in [2.75, 3.05) is 13.7 Å². The lowest BCUT2D eigenvalue weighted by molar-refractivity contribution is -0.126. The van der Waals surface area contributed by atoms with E-state index in [2.05, 4.69) is 5.10 Å². The van der Waals surface area contributed by atoms with E-state index < -0.39 is 21.5 Å². The van der Waals surface area contributed by atoms with Crippen molar-refractivity contribution < 1.29 is 17.9 Å². The van der Waals surface area contributed by atoms with E-state index >= 15 is 0 Å². The molecule has 0 spiro atoms. The molecule has 1 saturated carbocycles. The van der Waals surface area contributed by atoms with Crippen molar-refractivity contribution in [1.82, 2.24) is 14.1 Å². The first-order chi connectivity index (χ1) is 10.4. The summed E-state index contributed by atoms with van der Waals surface area (Å²) in [5.74, 6) is -0.353. The van der Waals surface area contributed by atoms with Crippen LogP contribution >= 0.6 is 0 Å². The minimum Gasteiger partial charge on any atom is -0.477 e. The lowest BCUT2D eigenvalue weighted by atomic mass is 9.97. The number of aromatic nitrogens is 2. The Morgan fingerprint density at radius 1 is 1.41 bits per heavy atom. The molecule has 122 valence electrons. The van der Waals surface area contributed by atoms with Crippen LogP contribution in [0.1, 0.15) is 32.1 Å². The minimum atomic E-state index is -3.90. The number of sulfonamides is 1. The topological polar surface area (TPSA) is 108 Å². The quantitative estimate of drug-likeness (QED) is 0.842. The molecule has 22 heavy (non-hydrogen) atoms. The van der Waals surface area contributed by atoms with Gasteiger partial charge in [-0.2, -0.15) is 9.40 Å². The molecule has 0 unspecified atom stereocenters. The van der Waals surface area contributed by atoms with Crippen LogP contribution in [0.4, 0.5) is 0 Å². The van der Waals surface area contributed by atoms with E-state index in [1.165, 1.54) is 17.9 Å². The summed E-state index contributed by atoms with van der Waals surface area (Å²) in [7, 11) is -2.48. The zero-order valence-corrected chi connectivity index (χ0v) is 13.3. The fraction of sp³-hybridized carbons (Fsp3) is 0.692. The van der Waals surface area contributed by atoms with Gasteiger partial charge in [-0.05, 0) is 12.8 Å². The molecule has 1 aromatic rings. The van der Waals surface area contributed by atoms with Gasteiger partial charge in [-0.3, -0.25) is 4.79 Å². The van der Waals surface area contributed by atoms with Crippen molar-refractivity contribution in [2.24, 2.45) is 5.73 Å². The van der Waals surface area contributed by atoms with Crippen molar-refractivity contribution in [3.8, 4) is 5.88 Å². The molecular weight excluding hydrogens is 308 g/mol. The third kappa shape index (κ3) is 2.11. The Morgan fingerprint density at radius 3 is 2.73 bits per heavy atom. The molecule has 2 aliphatic rings. The molecular formula is C13H20N4O4S. The lowest BCUT2D eigenvalue weighted by Crippen LogP contribution is -2.56. The maximum Gasteiger partial charge on any atom is 0.250 e. The van der Waals surface area contributed by atoms with E-state index in [1.807, 2.05) is 0 Å². The van der Waals surface area contributed by atoms with Gasteiger partial charge in [-0.25, -0.2) is 13.1 Å². The molecule has 1 aliphatic carbocycles. The molecule has 0 saturated heterocycles. The number of nitrogens with zero attached hydrogens (tertiary/aromatic N) is 3. The lowest BCUT2D eigenvalue weighted by Gasteiger charge is -2.34. The fourth-order valence-electron chi connectivity index (χ4n) is 3.28. The van der Waals surface area contributed by atoms with Crippen molar-refractivity contribution >= 4 is 15.9 Å². The Labute approximate surface area is 129 Å². The number of fused-ring (bicyclic) bond motifs is 1. The average molecular weight is 328 g/mol.